The van der Waals surface area contributed by atoms with Gasteiger partial charge in [0.25, 0.3) is 0 Å². The average Bonchev–Trinajstić information content (AvgIpc) is 3.08. The van der Waals surface area contributed by atoms with Crippen molar-refractivity contribution in [2.75, 3.05) is 5.32 Å². The number of amides is 1. The number of carbonyl (C=O) groups excluding carboxylic acids is 1. The Morgan fingerprint density at radius 2 is 1.75 bits per heavy atom. The van der Waals surface area contributed by atoms with Crippen molar-refractivity contribution in [2.24, 2.45) is 7.05 Å². The molecule has 1 aromatic heterocycles. The van der Waals surface area contributed by atoms with Crippen LogP contribution in [0.1, 0.15) is 38.7 Å². The molecular weight excluding hydrogens is 368 g/mol. The van der Waals surface area contributed by atoms with E-state index in [1.54, 1.807) is 0 Å². The van der Waals surface area contributed by atoms with Gasteiger partial charge in [0.05, 0.1) is 5.25 Å². The van der Waals surface area contributed by atoms with Gasteiger partial charge in [0.2, 0.25) is 5.91 Å². The van der Waals surface area contributed by atoms with E-state index in [-0.39, 0.29) is 11.2 Å². The van der Waals surface area contributed by atoms with E-state index in [1.165, 1.54) is 17.3 Å². The molecule has 5 nitrogen and oxygen atoms in total. The van der Waals surface area contributed by atoms with Crippen LogP contribution >= 0.6 is 11.8 Å². The Labute approximate surface area is 170 Å². The lowest BCUT2D eigenvalue weighted by Crippen LogP contribution is -2.23. The molecule has 0 spiro atoms. The fourth-order valence-electron chi connectivity index (χ4n) is 2.96. The zero-order chi connectivity index (χ0) is 20.1. The Morgan fingerprint density at radius 3 is 2.46 bits per heavy atom. The van der Waals surface area contributed by atoms with Gasteiger partial charge in [-0.3, -0.25) is 4.79 Å². The van der Waals surface area contributed by atoms with E-state index in [0.717, 1.165) is 28.7 Å². The van der Waals surface area contributed by atoms with Crippen molar-refractivity contribution in [2.45, 2.75) is 43.5 Å². The fourth-order valence-corrected chi connectivity index (χ4v) is 3.78. The molecule has 0 saturated heterocycles. The Morgan fingerprint density at radius 1 is 1.07 bits per heavy atom. The molecule has 0 bridgehead atoms. The van der Waals surface area contributed by atoms with Gasteiger partial charge in [0, 0.05) is 18.3 Å². The van der Waals surface area contributed by atoms with Crippen LogP contribution in [0.5, 0.6) is 0 Å². The minimum Gasteiger partial charge on any atom is -0.325 e. The average molecular weight is 395 g/mol. The van der Waals surface area contributed by atoms with E-state index in [0.29, 0.717) is 5.92 Å². The van der Waals surface area contributed by atoms with Crippen LogP contribution in [0.15, 0.2) is 59.8 Å². The molecule has 28 heavy (non-hydrogen) atoms. The van der Waals surface area contributed by atoms with Gasteiger partial charge in [0.15, 0.2) is 11.0 Å². The largest absolute Gasteiger partial charge is 0.325 e. The number of rotatable bonds is 7. The second-order valence-corrected chi connectivity index (χ2v) is 8.19. The number of aromatic nitrogens is 3. The molecule has 6 heteroatoms. The van der Waals surface area contributed by atoms with Crippen LogP contribution in [0.2, 0.25) is 0 Å². The molecule has 0 aliphatic heterocycles. The molecule has 0 aliphatic carbocycles. The number of anilines is 1. The van der Waals surface area contributed by atoms with Crippen LogP contribution < -0.4 is 5.32 Å². The van der Waals surface area contributed by atoms with Crippen LogP contribution in [0.4, 0.5) is 5.69 Å². The van der Waals surface area contributed by atoms with Gasteiger partial charge in [-0.15, -0.1) is 10.2 Å². The van der Waals surface area contributed by atoms with Gasteiger partial charge in [0.1, 0.15) is 0 Å². The normalized spacial score (nSPS) is 13.1. The molecule has 3 aromatic rings. The molecule has 0 fully saturated rings. The van der Waals surface area contributed by atoms with Crippen LogP contribution in [0.3, 0.4) is 0 Å². The summed E-state index contributed by atoms with van der Waals surface area (Å²) in [6.07, 6.45) is 1.03. The number of thioether (sulfide) groups is 1. The summed E-state index contributed by atoms with van der Waals surface area (Å²) < 4.78 is 1.93. The van der Waals surface area contributed by atoms with Crippen molar-refractivity contribution in [3.05, 3.63) is 60.2 Å². The van der Waals surface area contributed by atoms with Crippen molar-refractivity contribution >= 4 is 23.4 Å². The van der Waals surface area contributed by atoms with Crippen LogP contribution in [0, 0.1) is 0 Å². The summed E-state index contributed by atoms with van der Waals surface area (Å²) in [6, 6.07) is 17.9. The topological polar surface area (TPSA) is 59.8 Å². The predicted molar refractivity (Wildman–Crippen MR) is 116 cm³/mol. The molecule has 1 heterocycles. The molecule has 3 rings (SSSR count). The molecule has 2 atom stereocenters. The molecule has 146 valence electrons. The first-order valence-corrected chi connectivity index (χ1v) is 10.4. The number of benzene rings is 2. The Kier molecular flexibility index (Phi) is 6.52. The summed E-state index contributed by atoms with van der Waals surface area (Å²) in [4.78, 5) is 12.8. The van der Waals surface area contributed by atoms with Crippen LogP contribution in [0.25, 0.3) is 11.4 Å². The van der Waals surface area contributed by atoms with E-state index in [2.05, 4.69) is 35.4 Å². The highest BCUT2D eigenvalue weighted by Gasteiger charge is 2.20. The van der Waals surface area contributed by atoms with Gasteiger partial charge in [-0.05, 0) is 30.9 Å². The quantitative estimate of drug-likeness (QED) is 0.565. The summed E-state index contributed by atoms with van der Waals surface area (Å²) in [5.41, 5.74) is 3.06. The van der Waals surface area contributed by atoms with Gasteiger partial charge < -0.3 is 9.88 Å². The maximum atomic E-state index is 12.8. The number of carbonyl (C=O) groups is 1. The summed E-state index contributed by atoms with van der Waals surface area (Å²) in [5, 5.41) is 12.1. The van der Waals surface area contributed by atoms with Crippen molar-refractivity contribution in [3.8, 4) is 11.4 Å². The van der Waals surface area contributed by atoms with Crippen molar-refractivity contribution in [1.82, 2.24) is 14.8 Å². The third-order valence-electron chi connectivity index (χ3n) is 4.88. The van der Waals surface area contributed by atoms with Gasteiger partial charge in [-0.25, -0.2) is 0 Å². The fraction of sp³-hybridized carbons (Fsp3) is 0.318. The Balaban J connectivity index is 1.72. The summed E-state index contributed by atoms with van der Waals surface area (Å²) in [5.74, 6) is 1.15. The monoisotopic (exact) mass is 394 g/mol. The minimum absolute atomic E-state index is 0.0370. The molecular formula is C22H26N4OS. The lowest BCUT2D eigenvalue weighted by molar-refractivity contribution is -0.115. The summed E-state index contributed by atoms with van der Waals surface area (Å²) in [6.45, 7) is 6.22. The molecule has 0 radical (unpaired) electrons. The first kappa shape index (κ1) is 20.1. The second-order valence-electron chi connectivity index (χ2n) is 6.88. The van der Waals surface area contributed by atoms with Gasteiger partial charge in [-0.2, -0.15) is 0 Å². The zero-order valence-electron chi connectivity index (χ0n) is 16.7. The first-order chi connectivity index (χ1) is 13.5. The molecule has 0 aliphatic rings. The molecule has 0 saturated carbocycles. The van der Waals surface area contributed by atoms with E-state index >= 15 is 0 Å². The first-order valence-electron chi connectivity index (χ1n) is 9.52. The van der Waals surface area contributed by atoms with E-state index in [9.17, 15) is 4.79 Å². The highest BCUT2D eigenvalue weighted by atomic mass is 32.2. The highest BCUT2D eigenvalue weighted by Crippen LogP contribution is 2.29. The summed E-state index contributed by atoms with van der Waals surface area (Å²) >= 11 is 1.41. The maximum Gasteiger partial charge on any atom is 0.237 e. The minimum atomic E-state index is -0.295. The second kappa shape index (κ2) is 9.06. The van der Waals surface area contributed by atoms with E-state index in [4.69, 9.17) is 0 Å². The molecule has 1 N–H and O–H groups in total. The van der Waals surface area contributed by atoms with E-state index in [1.807, 2.05) is 67.1 Å². The zero-order valence-corrected chi connectivity index (χ0v) is 17.5. The predicted octanol–water partition coefficient (Wildman–Crippen LogP) is 5.11. The molecule has 1 amide bonds. The SMILES string of the molecule is CC[C@@H](C)c1ccccc1NC(=O)[C@H](C)Sc1nnc(-c2ccccc2)n1C. The van der Waals surface area contributed by atoms with Gasteiger partial charge in [-0.1, -0.05) is 74.1 Å². The smallest absolute Gasteiger partial charge is 0.237 e. The number of para-hydroxylation sites is 1. The standard InChI is InChI=1S/C22H26N4OS/c1-5-15(2)18-13-9-10-14-19(18)23-21(27)16(3)28-22-25-24-20(26(22)4)17-11-7-6-8-12-17/h6-16H,5H2,1-4H3,(H,23,27)/t15-,16+/m1/s1. The number of hydrogen-bond donors (Lipinski definition) is 1. The van der Waals surface area contributed by atoms with Crippen LogP contribution in [-0.4, -0.2) is 25.9 Å². The highest BCUT2D eigenvalue weighted by molar-refractivity contribution is 8.00. The number of nitrogens with one attached hydrogen (secondary N) is 1. The number of hydrogen-bond acceptors (Lipinski definition) is 4. The van der Waals surface area contributed by atoms with E-state index < -0.39 is 0 Å². The van der Waals surface area contributed by atoms with Crippen molar-refractivity contribution < 1.29 is 4.79 Å². The third-order valence-corrected chi connectivity index (χ3v) is 6.01. The third kappa shape index (κ3) is 4.44. The molecule has 2 aromatic carbocycles. The maximum absolute atomic E-state index is 12.8. The molecule has 0 unspecified atom stereocenters. The summed E-state index contributed by atoms with van der Waals surface area (Å²) in [7, 11) is 1.92. The van der Waals surface area contributed by atoms with Gasteiger partial charge >= 0.3 is 0 Å². The number of nitrogens with zero attached hydrogens (tertiary/aromatic N) is 3. The lowest BCUT2D eigenvalue weighted by atomic mass is 9.97. The Hall–Kier alpha value is -2.60. The van der Waals surface area contributed by atoms with Crippen LogP contribution in [-0.2, 0) is 11.8 Å². The lowest BCUT2D eigenvalue weighted by Gasteiger charge is -2.17. The van der Waals surface area contributed by atoms with Crippen molar-refractivity contribution in [3.63, 3.8) is 0 Å². The Bertz CT molecular complexity index is 939. The van der Waals surface area contributed by atoms with Crippen molar-refractivity contribution in [1.29, 1.82) is 0 Å².